The van der Waals surface area contributed by atoms with Gasteiger partial charge in [-0.05, 0) is 50.5 Å². The predicted octanol–water partition coefficient (Wildman–Crippen LogP) is 3.15. The minimum absolute atomic E-state index is 0.0630. The third-order valence-corrected chi connectivity index (χ3v) is 5.63. The van der Waals surface area contributed by atoms with Crippen molar-refractivity contribution in [1.29, 1.82) is 0 Å². The summed E-state index contributed by atoms with van der Waals surface area (Å²) in [6.45, 7) is 6.33. The Hall–Kier alpha value is -0.870. The van der Waals surface area contributed by atoms with Gasteiger partial charge >= 0.3 is 0 Å². The van der Waals surface area contributed by atoms with Crippen LogP contribution in [0, 0.1) is 5.92 Å². The summed E-state index contributed by atoms with van der Waals surface area (Å²) >= 11 is 1.73. The first kappa shape index (κ1) is 13.1. The van der Waals surface area contributed by atoms with Crippen LogP contribution in [0.1, 0.15) is 51.1 Å². The van der Waals surface area contributed by atoms with Crippen molar-refractivity contribution in [3.8, 4) is 0 Å². The highest BCUT2D eigenvalue weighted by molar-refractivity contribution is 7.10. The van der Waals surface area contributed by atoms with Gasteiger partial charge in [0.15, 0.2) is 0 Å². The summed E-state index contributed by atoms with van der Waals surface area (Å²) in [6.07, 6.45) is 3.44. The minimum atomic E-state index is -0.405. The zero-order valence-electron chi connectivity index (χ0n) is 11.8. The van der Waals surface area contributed by atoms with Gasteiger partial charge < -0.3 is 4.90 Å². The molecule has 1 aliphatic heterocycles. The fraction of sp³-hybridized carbons (Fsp3) is 0.667. The van der Waals surface area contributed by atoms with Gasteiger partial charge in [-0.2, -0.15) is 0 Å². The number of amides is 1. The van der Waals surface area contributed by atoms with Crippen LogP contribution in [0.15, 0.2) is 17.5 Å². The summed E-state index contributed by atoms with van der Waals surface area (Å²) in [4.78, 5) is 16.2. The van der Waals surface area contributed by atoms with Crippen molar-refractivity contribution in [1.82, 2.24) is 10.2 Å². The number of nitrogens with zero attached hydrogens (tertiary/aromatic N) is 1. The molecule has 1 saturated heterocycles. The molecule has 0 radical (unpaired) electrons. The molecular formula is C15H22N2OS. The van der Waals surface area contributed by atoms with Crippen LogP contribution in [0.3, 0.4) is 0 Å². The molecule has 1 N–H and O–H groups in total. The molecule has 1 aromatic heterocycles. The van der Waals surface area contributed by atoms with Crippen LogP contribution in [-0.4, -0.2) is 22.4 Å². The Bertz CT molecular complexity index is 468. The molecule has 1 saturated carbocycles. The molecule has 3 rings (SSSR count). The SMILES string of the molecule is CCC1(C)NC(c2cccs2)N(C(C)C2CC2)C1=O. The molecule has 0 spiro atoms. The van der Waals surface area contributed by atoms with E-state index in [0.29, 0.717) is 12.0 Å². The lowest BCUT2D eigenvalue weighted by Crippen LogP contribution is -2.44. The van der Waals surface area contributed by atoms with E-state index in [1.165, 1.54) is 17.7 Å². The molecule has 19 heavy (non-hydrogen) atoms. The van der Waals surface area contributed by atoms with Gasteiger partial charge in [0.25, 0.3) is 0 Å². The summed E-state index contributed by atoms with van der Waals surface area (Å²) in [6, 6.07) is 4.54. The Morgan fingerprint density at radius 2 is 2.32 bits per heavy atom. The highest BCUT2D eigenvalue weighted by Crippen LogP contribution is 2.42. The van der Waals surface area contributed by atoms with E-state index in [4.69, 9.17) is 0 Å². The fourth-order valence-corrected chi connectivity index (χ4v) is 3.74. The van der Waals surface area contributed by atoms with Crippen LogP contribution < -0.4 is 5.32 Å². The van der Waals surface area contributed by atoms with Gasteiger partial charge in [0, 0.05) is 10.9 Å². The molecule has 3 unspecified atom stereocenters. The first-order valence-electron chi connectivity index (χ1n) is 7.20. The molecule has 2 aliphatic rings. The van der Waals surface area contributed by atoms with E-state index in [2.05, 4.69) is 41.6 Å². The Kier molecular flexibility index (Phi) is 3.18. The molecule has 4 heteroatoms. The molecule has 1 aromatic rings. The largest absolute Gasteiger partial charge is 0.317 e. The molecular weight excluding hydrogens is 256 g/mol. The van der Waals surface area contributed by atoms with Crippen molar-refractivity contribution < 1.29 is 4.79 Å². The Morgan fingerprint density at radius 3 is 2.84 bits per heavy atom. The van der Waals surface area contributed by atoms with Crippen LogP contribution in [0.4, 0.5) is 0 Å². The summed E-state index contributed by atoms with van der Waals surface area (Å²) in [5.74, 6) is 0.972. The van der Waals surface area contributed by atoms with Crippen LogP contribution in [0.2, 0.25) is 0 Å². The number of rotatable bonds is 4. The smallest absolute Gasteiger partial charge is 0.244 e. The highest BCUT2D eigenvalue weighted by atomic mass is 32.1. The highest BCUT2D eigenvalue weighted by Gasteiger charge is 2.51. The number of hydrogen-bond donors (Lipinski definition) is 1. The molecule has 1 aliphatic carbocycles. The fourth-order valence-electron chi connectivity index (χ4n) is 2.97. The van der Waals surface area contributed by atoms with E-state index in [1.54, 1.807) is 11.3 Å². The summed E-state index contributed by atoms with van der Waals surface area (Å²) in [5, 5.41) is 5.66. The second-order valence-electron chi connectivity index (χ2n) is 6.04. The average Bonchev–Trinajstić information content (AvgIpc) is 3.05. The van der Waals surface area contributed by atoms with Crippen LogP contribution in [0.5, 0.6) is 0 Å². The van der Waals surface area contributed by atoms with Crippen molar-refractivity contribution in [3.05, 3.63) is 22.4 Å². The number of nitrogens with one attached hydrogen (secondary N) is 1. The minimum Gasteiger partial charge on any atom is -0.317 e. The van der Waals surface area contributed by atoms with E-state index < -0.39 is 5.54 Å². The summed E-state index contributed by atoms with van der Waals surface area (Å²) < 4.78 is 0. The second kappa shape index (κ2) is 4.60. The number of hydrogen-bond acceptors (Lipinski definition) is 3. The van der Waals surface area contributed by atoms with E-state index in [0.717, 1.165) is 6.42 Å². The maximum absolute atomic E-state index is 12.8. The van der Waals surface area contributed by atoms with Gasteiger partial charge in [-0.1, -0.05) is 13.0 Å². The van der Waals surface area contributed by atoms with Gasteiger partial charge in [-0.3, -0.25) is 10.1 Å². The third-order valence-electron chi connectivity index (χ3n) is 4.70. The second-order valence-corrected chi connectivity index (χ2v) is 7.02. The molecule has 0 bridgehead atoms. The Morgan fingerprint density at radius 1 is 1.58 bits per heavy atom. The number of carbonyl (C=O) groups excluding carboxylic acids is 1. The molecule has 0 aromatic carbocycles. The summed E-state index contributed by atoms with van der Waals surface area (Å²) in [5.41, 5.74) is -0.405. The maximum atomic E-state index is 12.8. The van der Waals surface area contributed by atoms with Gasteiger partial charge in [0.05, 0.1) is 5.54 Å². The molecule has 104 valence electrons. The molecule has 3 atom stereocenters. The first-order valence-corrected chi connectivity index (χ1v) is 8.08. The van der Waals surface area contributed by atoms with E-state index in [1.807, 2.05) is 6.92 Å². The quantitative estimate of drug-likeness (QED) is 0.917. The average molecular weight is 278 g/mol. The van der Waals surface area contributed by atoms with Gasteiger partial charge in [-0.15, -0.1) is 11.3 Å². The molecule has 1 amide bonds. The zero-order valence-corrected chi connectivity index (χ0v) is 12.7. The van der Waals surface area contributed by atoms with Crippen molar-refractivity contribution in [3.63, 3.8) is 0 Å². The topological polar surface area (TPSA) is 32.3 Å². The Balaban J connectivity index is 1.93. The maximum Gasteiger partial charge on any atom is 0.244 e. The van der Waals surface area contributed by atoms with Crippen LogP contribution in [0.25, 0.3) is 0 Å². The van der Waals surface area contributed by atoms with Crippen molar-refractivity contribution in [2.24, 2.45) is 5.92 Å². The monoisotopic (exact) mass is 278 g/mol. The summed E-state index contributed by atoms with van der Waals surface area (Å²) in [7, 11) is 0. The van der Waals surface area contributed by atoms with Crippen LogP contribution >= 0.6 is 11.3 Å². The van der Waals surface area contributed by atoms with E-state index >= 15 is 0 Å². The van der Waals surface area contributed by atoms with E-state index in [9.17, 15) is 4.79 Å². The van der Waals surface area contributed by atoms with Gasteiger partial charge in [0.1, 0.15) is 6.17 Å². The first-order chi connectivity index (χ1) is 9.07. The lowest BCUT2D eigenvalue weighted by molar-refractivity contribution is -0.135. The number of thiophene rings is 1. The van der Waals surface area contributed by atoms with Crippen molar-refractivity contribution in [2.45, 2.75) is 57.8 Å². The number of carbonyl (C=O) groups is 1. The molecule has 2 fully saturated rings. The predicted molar refractivity (Wildman–Crippen MR) is 77.9 cm³/mol. The normalized spacial score (nSPS) is 32.9. The van der Waals surface area contributed by atoms with E-state index in [-0.39, 0.29) is 12.1 Å². The zero-order chi connectivity index (χ0) is 13.6. The van der Waals surface area contributed by atoms with Crippen LogP contribution in [-0.2, 0) is 4.79 Å². The lowest BCUT2D eigenvalue weighted by Gasteiger charge is -2.30. The standard InChI is InChI=1S/C15H22N2OS/c1-4-15(3)14(18)17(10(2)11-7-8-11)13(16-15)12-6-5-9-19-12/h5-6,9-11,13,16H,4,7-8H2,1-3H3. The van der Waals surface area contributed by atoms with Crippen molar-refractivity contribution >= 4 is 17.2 Å². The van der Waals surface area contributed by atoms with Gasteiger partial charge in [0.2, 0.25) is 5.91 Å². The Labute approximate surface area is 119 Å². The van der Waals surface area contributed by atoms with Crippen molar-refractivity contribution in [2.75, 3.05) is 0 Å². The lowest BCUT2D eigenvalue weighted by atomic mass is 9.99. The van der Waals surface area contributed by atoms with Gasteiger partial charge in [-0.25, -0.2) is 0 Å². The molecule has 3 nitrogen and oxygen atoms in total. The molecule has 2 heterocycles. The third kappa shape index (κ3) is 2.11.